The molecule has 0 aliphatic carbocycles. The number of benzene rings is 3. The van der Waals surface area contributed by atoms with E-state index >= 15 is 0 Å². The fraction of sp³-hybridized carbons (Fsp3) is 0.0833. The first-order chi connectivity index (χ1) is 14.7. The Morgan fingerprint density at radius 1 is 0.800 bits per heavy atom. The highest BCUT2D eigenvalue weighted by atomic mass is 16.5. The fourth-order valence-corrected chi connectivity index (χ4v) is 3.39. The number of ether oxygens (including phenoxy) is 1. The van der Waals surface area contributed by atoms with Crippen LogP contribution in [0.25, 0.3) is 21.8 Å². The van der Waals surface area contributed by atoms with E-state index in [2.05, 4.69) is 38.2 Å². The van der Waals surface area contributed by atoms with E-state index in [9.17, 15) is 0 Å². The van der Waals surface area contributed by atoms with Crippen molar-refractivity contribution in [2.24, 2.45) is 0 Å². The topological polar surface area (TPSA) is 72.8 Å². The fourth-order valence-electron chi connectivity index (χ4n) is 3.39. The molecule has 6 nitrogen and oxygen atoms in total. The van der Waals surface area contributed by atoms with Gasteiger partial charge in [0.2, 0.25) is 0 Å². The summed E-state index contributed by atoms with van der Waals surface area (Å²) in [5, 5.41) is 5.38. The molecule has 146 valence electrons. The largest absolute Gasteiger partial charge is 0.457 e. The van der Waals surface area contributed by atoms with Gasteiger partial charge in [0.1, 0.15) is 30.0 Å². The summed E-state index contributed by atoms with van der Waals surface area (Å²) in [5.41, 5.74) is 4.88. The number of nitrogens with one attached hydrogen (secondary N) is 1. The first kappa shape index (κ1) is 18.0. The lowest BCUT2D eigenvalue weighted by Gasteiger charge is -2.13. The van der Waals surface area contributed by atoms with Crippen LogP contribution >= 0.6 is 0 Å². The van der Waals surface area contributed by atoms with Crippen LogP contribution in [0.4, 0.5) is 11.5 Å². The quantitative estimate of drug-likeness (QED) is 0.421. The average Bonchev–Trinajstić information content (AvgIpc) is 2.76. The Bertz CT molecular complexity index is 1380. The Hall–Kier alpha value is -4.06. The summed E-state index contributed by atoms with van der Waals surface area (Å²) in [4.78, 5) is 17.1. The summed E-state index contributed by atoms with van der Waals surface area (Å²) in [6.45, 7) is 4.08. The predicted molar refractivity (Wildman–Crippen MR) is 118 cm³/mol. The normalized spacial score (nSPS) is 11.0. The molecule has 0 unspecified atom stereocenters. The van der Waals surface area contributed by atoms with Gasteiger partial charge in [-0.25, -0.2) is 19.9 Å². The molecule has 0 fully saturated rings. The second kappa shape index (κ2) is 7.40. The van der Waals surface area contributed by atoms with E-state index in [-0.39, 0.29) is 0 Å². The maximum Gasteiger partial charge on any atom is 0.141 e. The molecule has 6 heteroatoms. The average molecular weight is 393 g/mol. The van der Waals surface area contributed by atoms with Crippen LogP contribution < -0.4 is 10.1 Å². The Kier molecular flexibility index (Phi) is 4.44. The number of anilines is 2. The highest BCUT2D eigenvalue weighted by Crippen LogP contribution is 2.31. The molecule has 0 amide bonds. The number of fused-ring (bicyclic) bond motifs is 2. The van der Waals surface area contributed by atoms with Crippen LogP contribution in [-0.2, 0) is 0 Å². The van der Waals surface area contributed by atoms with E-state index in [1.165, 1.54) is 11.9 Å². The molecule has 5 rings (SSSR count). The third-order valence-electron chi connectivity index (χ3n) is 4.94. The third kappa shape index (κ3) is 3.51. The van der Waals surface area contributed by atoms with E-state index in [0.29, 0.717) is 0 Å². The van der Waals surface area contributed by atoms with Gasteiger partial charge in [-0.15, -0.1) is 0 Å². The molecule has 3 aromatic carbocycles. The Morgan fingerprint density at radius 2 is 1.70 bits per heavy atom. The van der Waals surface area contributed by atoms with Crippen molar-refractivity contribution < 1.29 is 4.74 Å². The van der Waals surface area contributed by atoms with Crippen molar-refractivity contribution in [3.05, 3.63) is 84.6 Å². The van der Waals surface area contributed by atoms with Crippen molar-refractivity contribution in [3.8, 4) is 11.5 Å². The van der Waals surface area contributed by atoms with Crippen LogP contribution in [0.1, 0.15) is 11.1 Å². The number of aromatic nitrogens is 4. The number of hydrogen-bond acceptors (Lipinski definition) is 6. The molecular weight excluding hydrogens is 374 g/mol. The highest BCUT2D eigenvalue weighted by molar-refractivity contribution is 5.91. The van der Waals surface area contributed by atoms with Gasteiger partial charge in [-0.1, -0.05) is 11.6 Å². The second-order valence-corrected chi connectivity index (χ2v) is 7.19. The van der Waals surface area contributed by atoms with Crippen molar-refractivity contribution in [1.29, 1.82) is 0 Å². The summed E-state index contributed by atoms with van der Waals surface area (Å²) in [6, 6.07) is 17.9. The Balaban J connectivity index is 1.41. The number of rotatable bonds is 4. The molecule has 0 atom stereocenters. The zero-order chi connectivity index (χ0) is 20.5. The van der Waals surface area contributed by atoms with Crippen molar-refractivity contribution >= 4 is 33.3 Å². The Labute approximate surface area is 173 Å². The second-order valence-electron chi connectivity index (χ2n) is 7.19. The minimum atomic E-state index is 0.738. The highest BCUT2D eigenvalue weighted by Gasteiger charge is 2.08. The number of hydrogen-bond donors (Lipinski definition) is 1. The van der Waals surface area contributed by atoms with Crippen LogP contribution in [0.3, 0.4) is 0 Å². The zero-order valence-electron chi connectivity index (χ0n) is 16.6. The first-order valence-corrected chi connectivity index (χ1v) is 9.62. The van der Waals surface area contributed by atoms with E-state index in [1.807, 2.05) is 55.5 Å². The summed E-state index contributed by atoms with van der Waals surface area (Å²) in [5.74, 6) is 2.31. The van der Waals surface area contributed by atoms with Gasteiger partial charge in [0.15, 0.2) is 0 Å². The minimum absolute atomic E-state index is 0.738. The van der Waals surface area contributed by atoms with Crippen LogP contribution in [0.15, 0.2) is 73.4 Å². The van der Waals surface area contributed by atoms with E-state index in [4.69, 9.17) is 4.74 Å². The predicted octanol–water partition coefficient (Wildman–Crippen LogP) is 5.73. The summed E-state index contributed by atoms with van der Waals surface area (Å²) in [7, 11) is 0. The molecule has 2 aromatic heterocycles. The molecule has 5 aromatic rings. The van der Waals surface area contributed by atoms with Crippen molar-refractivity contribution in [1.82, 2.24) is 19.9 Å². The van der Waals surface area contributed by atoms with Gasteiger partial charge in [-0.3, -0.25) is 0 Å². The maximum atomic E-state index is 6.09. The molecule has 0 spiro atoms. The summed E-state index contributed by atoms with van der Waals surface area (Å²) >= 11 is 0. The van der Waals surface area contributed by atoms with Gasteiger partial charge in [0.05, 0.1) is 11.0 Å². The molecule has 30 heavy (non-hydrogen) atoms. The van der Waals surface area contributed by atoms with E-state index in [0.717, 1.165) is 50.4 Å². The van der Waals surface area contributed by atoms with E-state index < -0.39 is 0 Å². The molecule has 0 saturated carbocycles. The summed E-state index contributed by atoms with van der Waals surface area (Å²) in [6.07, 6.45) is 4.90. The Morgan fingerprint density at radius 3 is 2.60 bits per heavy atom. The van der Waals surface area contributed by atoms with Crippen LogP contribution in [-0.4, -0.2) is 19.9 Å². The number of aryl methyl sites for hydroxylation is 2. The SMILES string of the molecule is Cc1ccc2ncnc(Nc3ccc(Oc4ccc5cncnc5c4)c(C)c3)c2c1. The molecule has 1 N–H and O–H groups in total. The smallest absolute Gasteiger partial charge is 0.141 e. The van der Waals surface area contributed by atoms with Gasteiger partial charge in [-0.2, -0.15) is 0 Å². The summed E-state index contributed by atoms with van der Waals surface area (Å²) < 4.78 is 6.09. The molecule has 0 aliphatic rings. The first-order valence-electron chi connectivity index (χ1n) is 9.62. The van der Waals surface area contributed by atoms with Crippen LogP contribution in [0.5, 0.6) is 11.5 Å². The molecule has 0 aliphatic heterocycles. The molecule has 0 radical (unpaired) electrons. The van der Waals surface area contributed by atoms with Crippen molar-refractivity contribution in [3.63, 3.8) is 0 Å². The van der Waals surface area contributed by atoms with Gasteiger partial charge in [0, 0.05) is 28.7 Å². The molecular formula is C24H19N5O. The monoisotopic (exact) mass is 393 g/mol. The third-order valence-corrected chi connectivity index (χ3v) is 4.94. The number of nitrogens with zero attached hydrogens (tertiary/aromatic N) is 4. The van der Waals surface area contributed by atoms with Crippen LogP contribution in [0, 0.1) is 13.8 Å². The lowest BCUT2D eigenvalue weighted by Crippen LogP contribution is -1.97. The zero-order valence-corrected chi connectivity index (χ0v) is 16.6. The van der Waals surface area contributed by atoms with Crippen LogP contribution in [0.2, 0.25) is 0 Å². The lowest BCUT2D eigenvalue weighted by molar-refractivity contribution is 0.479. The minimum Gasteiger partial charge on any atom is -0.457 e. The standard InChI is InChI=1S/C24H19N5O/c1-15-3-7-21-20(9-15)24(28-14-27-21)29-18-5-8-23(16(2)10-18)30-19-6-4-17-12-25-13-26-22(17)11-19/h3-14H,1-2H3,(H,27,28,29). The maximum absolute atomic E-state index is 6.09. The van der Waals surface area contributed by atoms with Crippen molar-refractivity contribution in [2.45, 2.75) is 13.8 Å². The van der Waals surface area contributed by atoms with Gasteiger partial charge in [-0.05, 0) is 61.9 Å². The van der Waals surface area contributed by atoms with Gasteiger partial charge >= 0.3 is 0 Å². The van der Waals surface area contributed by atoms with Crippen molar-refractivity contribution in [2.75, 3.05) is 5.32 Å². The lowest BCUT2D eigenvalue weighted by atomic mass is 10.1. The van der Waals surface area contributed by atoms with E-state index in [1.54, 1.807) is 12.5 Å². The van der Waals surface area contributed by atoms with Gasteiger partial charge < -0.3 is 10.1 Å². The molecule has 2 heterocycles. The molecule has 0 bridgehead atoms. The molecule has 0 saturated heterocycles. The van der Waals surface area contributed by atoms with Gasteiger partial charge in [0.25, 0.3) is 0 Å².